The Morgan fingerprint density at radius 3 is 2.51 bits per heavy atom. The fourth-order valence-corrected chi connectivity index (χ4v) is 4.64. The van der Waals surface area contributed by atoms with Crippen LogP contribution in [0, 0.1) is 0 Å². The van der Waals surface area contributed by atoms with Crippen LogP contribution >= 0.6 is 0 Å². The van der Waals surface area contributed by atoms with Crippen molar-refractivity contribution in [2.45, 2.75) is 50.8 Å². The van der Waals surface area contributed by atoms with Crippen LogP contribution in [0.1, 0.15) is 43.7 Å². The minimum atomic E-state index is -1.29. The van der Waals surface area contributed by atoms with Crippen molar-refractivity contribution in [1.29, 1.82) is 0 Å². The van der Waals surface area contributed by atoms with Gasteiger partial charge in [0.15, 0.2) is 23.2 Å². The number of fused-ring (bicyclic) bond motifs is 1. The van der Waals surface area contributed by atoms with E-state index in [1.165, 1.54) is 12.7 Å². The third-order valence-electron chi connectivity index (χ3n) is 6.77. The Balaban J connectivity index is 1.29. The predicted octanol–water partition coefficient (Wildman–Crippen LogP) is 3.66. The minimum Gasteiger partial charge on any atom is -0.459 e. The van der Waals surface area contributed by atoms with Gasteiger partial charge in [0.25, 0.3) is 0 Å². The Hall–Kier alpha value is -4.12. The van der Waals surface area contributed by atoms with Crippen LogP contribution in [0.2, 0.25) is 0 Å². The first-order chi connectivity index (χ1) is 19.0. The fourth-order valence-electron chi connectivity index (χ4n) is 4.64. The number of esters is 1. The van der Waals surface area contributed by atoms with Crippen LogP contribution in [-0.4, -0.2) is 60.6 Å². The Morgan fingerprint density at radius 2 is 1.79 bits per heavy atom. The number of hydrogen-bond donors (Lipinski definition) is 3. The van der Waals surface area contributed by atoms with Gasteiger partial charge in [-0.05, 0) is 30.5 Å². The number of rotatable bonds is 9. The van der Waals surface area contributed by atoms with Crippen LogP contribution < -0.4 is 5.32 Å². The van der Waals surface area contributed by atoms with Crippen molar-refractivity contribution in [2.75, 3.05) is 11.9 Å². The average molecular weight is 530 g/mol. The van der Waals surface area contributed by atoms with E-state index < -0.39 is 30.5 Å². The average Bonchev–Trinajstić information content (AvgIpc) is 3.52. The van der Waals surface area contributed by atoms with Gasteiger partial charge in [0.05, 0.1) is 12.4 Å². The summed E-state index contributed by atoms with van der Waals surface area (Å²) in [6, 6.07) is 19.5. The van der Waals surface area contributed by atoms with Crippen molar-refractivity contribution in [1.82, 2.24) is 19.5 Å². The number of carbonyl (C=O) groups is 1. The van der Waals surface area contributed by atoms with Crippen molar-refractivity contribution < 1.29 is 24.5 Å². The van der Waals surface area contributed by atoms with Crippen molar-refractivity contribution in [3.63, 3.8) is 0 Å². The SMILES string of the molecule is CC[C@H](Nc1ncnc2c1ncn2[C@@H]1O[C@H](COC(=O)C(C)=Cc2ccccc2)[C@@H](O)[C@H]1O)c1ccccc1. The lowest BCUT2D eigenvalue weighted by atomic mass is 10.0. The fraction of sp³-hybridized carbons (Fsp3) is 0.310. The van der Waals surface area contributed by atoms with E-state index in [0.717, 1.165) is 17.5 Å². The molecule has 1 aliphatic rings. The summed E-state index contributed by atoms with van der Waals surface area (Å²) in [5.41, 5.74) is 3.34. The lowest BCUT2D eigenvalue weighted by Gasteiger charge is -2.19. The normalized spacial score (nSPS) is 22.1. The molecule has 1 aliphatic heterocycles. The van der Waals surface area contributed by atoms with Crippen LogP contribution in [0.3, 0.4) is 0 Å². The lowest BCUT2D eigenvalue weighted by molar-refractivity contribution is -0.145. The Morgan fingerprint density at radius 1 is 1.08 bits per heavy atom. The Labute approximate surface area is 226 Å². The topological polar surface area (TPSA) is 132 Å². The van der Waals surface area contributed by atoms with E-state index in [9.17, 15) is 15.0 Å². The second kappa shape index (κ2) is 11.7. The van der Waals surface area contributed by atoms with Crippen molar-refractivity contribution >= 4 is 29.0 Å². The van der Waals surface area contributed by atoms with Crippen LogP contribution in [0.25, 0.3) is 17.2 Å². The monoisotopic (exact) mass is 529 g/mol. The van der Waals surface area contributed by atoms with E-state index in [4.69, 9.17) is 9.47 Å². The van der Waals surface area contributed by atoms with Gasteiger partial charge in [-0.3, -0.25) is 4.57 Å². The molecule has 0 aliphatic carbocycles. The van der Waals surface area contributed by atoms with Crippen LogP contribution in [0.4, 0.5) is 5.82 Å². The molecule has 0 saturated carbocycles. The third-order valence-corrected chi connectivity index (χ3v) is 6.77. The number of aromatic nitrogens is 4. The number of imidazole rings is 1. The smallest absolute Gasteiger partial charge is 0.333 e. The number of aliphatic hydroxyl groups is 2. The maximum Gasteiger partial charge on any atom is 0.333 e. The van der Waals surface area contributed by atoms with E-state index in [1.807, 2.05) is 60.7 Å². The maximum atomic E-state index is 12.5. The Bertz CT molecular complexity index is 1440. The van der Waals surface area contributed by atoms with Gasteiger partial charge >= 0.3 is 5.97 Å². The molecule has 39 heavy (non-hydrogen) atoms. The number of nitrogens with zero attached hydrogens (tertiary/aromatic N) is 4. The summed E-state index contributed by atoms with van der Waals surface area (Å²) in [6.07, 6.45) is 0.983. The molecule has 0 unspecified atom stereocenters. The first-order valence-electron chi connectivity index (χ1n) is 12.9. The molecule has 0 amide bonds. The molecule has 1 saturated heterocycles. The van der Waals surface area contributed by atoms with Crippen molar-refractivity contribution in [3.8, 4) is 0 Å². The number of ether oxygens (including phenoxy) is 2. The first-order valence-corrected chi connectivity index (χ1v) is 12.9. The summed E-state index contributed by atoms with van der Waals surface area (Å²) in [4.78, 5) is 25.7. The van der Waals surface area contributed by atoms with E-state index in [2.05, 4.69) is 27.2 Å². The van der Waals surface area contributed by atoms with Crippen LogP contribution in [0.5, 0.6) is 0 Å². The molecule has 0 bridgehead atoms. The van der Waals surface area contributed by atoms with E-state index in [0.29, 0.717) is 22.6 Å². The summed E-state index contributed by atoms with van der Waals surface area (Å²) in [5.74, 6) is 0.0154. The molecule has 3 N–H and O–H groups in total. The van der Waals surface area contributed by atoms with Gasteiger partial charge in [0.1, 0.15) is 31.2 Å². The highest BCUT2D eigenvalue weighted by molar-refractivity contribution is 5.93. The molecule has 2 aromatic carbocycles. The molecule has 4 aromatic rings. The maximum absolute atomic E-state index is 12.5. The molecule has 2 aromatic heterocycles. The van der Waals surface area contributed by atoms with Gasteiger partial charge in [-0.2, -0.15) is 0 Å². The highest BCUT2D eigenvalue weighted by Gasteiger charge is 2.45. The highest BCUT2D eigenvalue weighted by Crippen LogP contribution is 2.33. The van der Waals surface area contributed by atoms with E-state index in [1.54, 1.807) is 17.6 Å². The van der Waals surface area contributed by atoms with E-state index >= 15 is 0 Å². The molecule has 202 valence electrons. The minimum absolute atomic E-state index is 0.0167. The zero-order valence-corrected chi connectivity index (χ0v) is 21.7. The van der Waals surface area contributed by atoms with Crippen molar-refractivity contribution in [2.24, 2.45) is 0 Å². The standard InChI is InChI=1S/C29H31N5O5/c1-3-21(20-12-8-5-9-13-20)33-26-23-27(31-16-30-26)34(17-32-23)28-25(36)24(35)22(39-28)15-38-29(37)18(2)14-19-10-6-4-7-11-19/h4-14,16-17,21-22,24-25,28,35-36H,3,15H2,1-2H3,(H,30,31,33)/t21-,22+,24+,25+,28+/m0/s1. The third kappa shape index (κ3) is 5.68. The molecular weight excluding hydrogens is 498 g/mol. The molecule has 5 rings (SSSR count). The summed E-state index contributed by atoms with van der Waals surface area (Å²) < 4.78 is 12.9. The van der Waals surface area contributed by atoms with Gasteiger partial charge in [0, 0.05) is 5.57 Å². The van der Waals surface area contributed by atoms with Gasteiger partial charge in [-0.1, -0.05) is 67.6 Å². The second-order valence-corrected chi connectivity index (χ2v) is 9.44. The quantitative estimate of drug-likeness (QED) is 0.220. The largest absolute Gasteiger partial charge is 0.459 e. The summed E-state index contributed by atoms with van der Waals surface area (Å²) in [5, 5.41) is 24.9. The van der Waals surface area contributed by atoms with Gasteiger partial charge < -0.3 is 25.0 Å². The highest BCUT2D eigenvalue weighted by atomic mass is 16.6. The molecule has 10 nitrogen and oxygen atoms in total. The molecule has 10 heteroatoms. The van der Waals surface area contributed by atoms with Gasteiger partial charge in [-0.25, -0.2) is 19.7 Å². The van der Waals surface area contributed by atoms with Gasteiger partial charge in [0.2, 0.25) is 0 Å². The Kier molecular flexibility index (Phi) is 7.97. The summed E-state index contributed by atoms with van der Waals surface area (Å²) >= 11 is 0. The van der Waals surface area contributed by atoms with Gasteiger partial charge in [-0.15, -0.1) is 0 Å². The number of anilines is 1. The van der Waals surface area contributed by atoms with Crippen LogP contribution in [0.15, 0.2) is 78.9 Å². The second-order valence-electron chi connectivity index (χ2n) is 9.44. The van der Waals surface area contributed by atoms with Crippen molar-refractivity contribution in [3.05, 3.63) is 90.0 Å². The number of nitrogens with one attached hydrogen (secondary N) is 1. The molecule has 5 atom stereocenters. The summed E-state index contributed by atoms with van der Waals surface area (Å²) in [6.45, 7) is 3.51. The molecule has 1 fully saturated rings. The first kappa shape index (κ1) is 26.5. The number of hydrogen-bond acceptors (Lipinski definition) is 9. The number of carbonyl (C=O) groups excluding carboxylic acids is 1. The molecule has 3 heterocycles. The number of benzene rings is 2. The molecule has 0 radical (unpaired) electrons. The summed E-state index contributed by atoms with van der Waals surface area (Å²) in [7, 11) is 0. The number of aliphatic hydroxyl groups excluding tert-OH is 2. The predicted molar refractivity (Wildman–Crippen MR) is 145 cm³/mol. The van der Waals surface area contributed by atoms with E-state index in [-0.39, 0.29) is 12.6 Å². The molecule has 0 spiro atoms. The lowest BCUT2D eigenvalue weighted by Crippen LogP contribution is -2.34. The molecular formula is C29H31N5O5. The zero-order valence-electron chi connectivity index (χ0n) is 21.7. The zero-order chi connectivity index (χ0) is 27.4. The van der Waals surface area contributed by atoms with Crippen LogP contribution in [-0.2, 0) is 14.3 Å².